The Morgan fingerprint density at radius 3 is 2.90 bits per heavy atom. The Morgan fingerprint density at radius 2 is 2.20 bits per heavy atom. The van der Waals surface area contributed by atoms with E-state index in [-0.39, 0.29) is 11.8 Å². The average Bonchev–Trinajstić information content (AvgIpc) is 2.47. The lowest BCUT2D eigenvalue weighted by molar-refractivity contribution is -0.135. The van der Waals surface area contributed by atoms with Crippen LogP contribution in [-0.4, -0.2) is 37.6 Å². The number of methoxy groups -OCH3 is 1. The van der Waals surface area contributed by atoms with Gasteiger partial charge >= 0.3 is 0 Å². The fourth-order valence-electron chi connectivity index (χ4n) is 2.83. The highest BCUT2D eigenvalue weighted by atomic mass is 16.5. The van der Waals surface area contributed by atoms with Crippen LogP contribution in [0.5, 0.6) is 5.75 Å². The summed E-state index contributed by atoms with van der Waals surface area (Å²) in [4.78, 5) is 14.3. The lowest BCUT2D eigenvalue weighted by atomic mass is 9.92. The molecule has 1 heterocycles. The minimum absolute atomic E-state index is 0.144. The van der Waals surface area contributed by atoms with E-state index in [1.165, 1.54) is 0 Å². The topological polar surface area (TPSA) is 41.6 Å². The van der Waals surface area contributed by atoms with Crippen LogP contribution in [0.25, 0.3) is 0 Å². The summed E-state index contributed by atoms with van der Waals surface area (Å²) in [5.74, 6) is 1.22. The van der Waals surface area contributed by atoms with E-state index in [2.05, 4.69) is 12.2 Å². The fraction of sp³-hybridized carbons (Fsp3) is 0.562. The Hall–Kier alpha value is -1.55. The van der Waals surface area contributed by atoms with Crippen LogP contribution in [0.4, 0.5) is 0 Å². The molecule has 1 fully saturated rings. The van der Waals surface area contributed by atoms with Crippen LogP contribution in [-0.2, 0) is 11.3 Å². The van der Waals surface area contributed by atoms with Gasteiger partial charge in [-0.05, 0) is 32.4 Å². The predicted molar refractivity (Wildman–Crippen MR) is 79.7 cm³/mol. The highest BCUT2D eigenvalue weighted by molar-refractivity contribution is 5.78. The minimum atomic E-state index is 0.144. The number of para-hydroxylation sites is 1. The Labute approximate surface area is 121 Å². The van der Waals surface area contributed by atoms with Gasteiger partial charge in [0.1, 0.15) is 5.75 Å². The van der Waals surface area contributed by atoms with Gasteiger partial charge in [-0.1, -0.05) is 18.2 Å². The van der Waals surface area contributed by atoms with Crippen molar-refractivity contribution < 1.29 is 9.53 Å². The molecule has 1 aromatic rings. The first kappa shape index (κ1) is 14.9. The number of hydrogen-bond donors (Lipinski definition) is 1. The number of piperidine rings is 1. The molecule has 0 saturated carbocycles. The molecule has 20 heavy (non-hydrogen) atoms. The first-order valence-corrected chi connectivity index (χ1v) is 7.22. The van der Waals surface area contributed by atoms with E-state index in [0.717, 1.165) is 30.7 Å². The molecule has 110 valence electrons. The molecule has 0 bridgehead atoms. The summed E-state index contributed by atoms with van der Waals surface area (Å²) in [6.07, 6.45) is 1.86. The van der Waals surface area contributed by atoms with Crippen molar-refractivity contribution in [3.05, 3.63) is 29.8 Å². The number of hydrogen-bond acceptors (Lipinski definition) is 3. The number of carbonyl (C=O) groups excluding carboxylic acids is 1. The van der Waals surface area contributed by atoms with Gasteiger partial charge < -0.3 is 15.0 Å². The van der Waals surface area contributed by atoms with Crippen LogP contribution in [0.2, 0.25) is 0 Å². The van der Waals surface area contributed by atoms with Crippen LogP contribution in [0.15, 0.2) is 24.3 Å². The summed E-state index contributed by atoms with van der Waals surface area (Å²) in [7, 11) is 3.54. The van der Waals surface area contributed by atoms with E-state index in [9.17, 15) is 4.79 Å². The van der Waals surface area contributed by atoms with Crippen LogP contribution in [0.3, 0.4) is 0 Å². The molecule has 4 heteroatoms. The normalized spacial score (nSPS) is 22.4. The highest BCUT2D eigenvalue weighted by Crippen LogP contribution is 2.22. The zero-order valence-corrected chi connectivity index (χ0v) is 12.6. The Morgan fingerprint density at radius 1 is 1.45 bits per heavy atom. The van der Waals surface area contributed by atoms with Crippen molar-refractivity contribution in [3.63, 3.8) is 0 Å². The van der Waals surface area contributed by atoms with Gasteiger partial charge in [0.2, 0.25) is 5.91 Å². The largest absolute Gasteiger partial charge is 0.496 e. The van der Waals surface area contributed by atoms with E-state index in [0.29, 0.717) is 12.6 Å². The van der Waals surface area contributed by atoms with Crippen molar-refractivity contribution >= 4 is 5.91 Å². The summed E-state index contributed by atoms with van der Waals surface area (Å²) >= 11 is 0. The van der Waals surface area contributed by atoms with E-state index < -0.39 is 0 Å². The zero-order chi connectivity index (χ0) is 14.5. The molecule has 2 atom stereocenters. The molecule has 1 amide bonds. The second-order valence-electron chi connectivity index (χ2n) is 5.58. The third kappa shape index (κ3) is 3.51. The van der Waals surface area contributed by atoms with Crippen molar-refractivity contribution in [2.24, 2.45) is 5.92 Å². The summed E-state index contributed by atoms with van der Waals surface area (Å²) in [5, 5.41) is 3.38. The minimum Gasteiger partial charge on any atom is -0.496 e. The highest BCUT2D eigenvalue weighted by Gasteiger charge is 2.27. The molecule has 0 radical (unpaired) electrons. The van der Waals surface area contributed by atoms with Gasteiger partial charge in [-0.2, -0.15) is 0 Å². The number of rotatable bonds is 4. The van der Waals surface area contributed by atoms with E-state index in [1.807, 2.05) is 36.2 Å². The molecule has 1 aliphatic rings. The number of benzene rings is 1. The molecule has 0 aromatic heterocycles. The monoisotopic (exact) mass is 276 g/mol. The quantitative estimate of drug-likeness (QED) is 0.915. The third-order valence-corrected chi connectivity index (χ3v) is 3.95. The summed E-state index contributed by atoms with van der Waals surface area (Å²) in [5.41, 5.74) is 1.05. The molecule has 1 N–H and O–H groups in total. The van der Waals surface area contributed by atoms with Gasteiger partial charge in [-0.25, -0.2) is 0 Å². The maximum absolute atomic E-state index is 12.5. The number of nitrogens with one attached hydrogen (secondary N) is 1. The van der Waals surface area contributed by atoms with Crippen molar-refractivity contribution in [1.82, 2.24) is 10.2 Å². The van der Waals surface area contributed by atoms with Gasteiger partial charge in [0.05, 0.1) is 7.11 Å². The number of ether oxygens (including phenoxy) is 1. The standard InChI is InChI=1S/C16H24N2O2/c1-12-10-13(8-9-17-12)16(19)18(2)11-14-6-4-5-7-15(14)20-3/h4-7,12-13,17H,8-11H2,1-3H3/t12-,13-/m0/s1. The third-order valence-electron chi connectivity index (χ3n) is 3.95. The second kappa shape index (κ2) is 6.75. The van der Waals surface area contributed by atoms with E-state index in [4.69, 9.17) is 4.74 Å². The summed E-state index contributed by atoms with van der Waals surface area (Å²) < 4.78 is 5.34. The van der Waals surface area contributed by atoms with Gasteiger partial charge in [0, 0.05) is 31.1 Å². The van der Waals surface area contributed by atoms with Crippen LogP contribution < -0.4 is 10.1 Å². The van der Waals surface area contributed by atoms with Gasteiger partial charge in [-0.3, -0.25) is 4.79 Å². The molecule has 4 nitrogen and oxygen atoms in total. The van der Waals surface area contributed by atoms with Crippen molar-refractivity contribution in [2.45, 2.75) is 32.4 Å². The first-order valence-electron chi connectivity index (χ1n) is 7.22. The Balaban J connectivity index is 2.00. The fourth-order valence-corrected chi connectivity index (χ4v) is 2.83. The number of amides is 1. The van der Waals surface area contributed by atoms with Crippen LogP contribution in [0, 0.1) is 5.92 Å². The van der Waals surface area contributed by atoms with Crippen LogP contribution in [0.1, 0.15) is 25.3 Å². The lowest BCUT2D eigenvalue weighted by Gasteiger charge is -2.30. The lowest BCUT2D eigenvalue weighted by Crippen LogP contribution is -2.42. The van der Waals surface area contributed by atoms with Crippen molar-refractivity contribution in [2.75, 3.05) is 20.7 Å². The molecule has 1 aliphatic heterocycles. The van der Waals surface area contributed by atoms with E-state index >= 15 is 0 Å². The molecule has 0 spiro atoms. The maximum atomic E-state index is 12.5. The van der Waals surface area contributed by atoms with Gasteiger partial charge in [-0.15, -0.1) is 0 Å². The Kier molecular flexibility index (Phi) is 5.01. The molecule has 0 unspecified atom stereocenters. The molecule has 0 aliphatic carbocycles. The maximum Gasteiger partial charge on any atom is 0.225 e. The van der Waals surface area contributed by atoms with Crippen molar-refractivity contribution in [1.29, 1.82) is 0 Å². The van der Waals surface area contributed by atoms with Crippen LogP contribution >= 0.6 is 0 Å². The molecule has 1 aromatic carbocycles. The summed E-state index contributed by atoms with van der Waals surface area (Å²) in [6.45, 7) is 3.67. The van der Waals surface area contributed by atoms with Gasteiger partial charge in [0.25, 0.3) is 0 Å². The SMILES string of the molecule is COc1ccccc1CN(C)C(=O)[C@H]1CCN[C@@H](C)C1. The average molecular weight is 276 g/mol. The first-order chi connectivity index (χ1) is 9.61. The number of nitrogens with zero attached hydrogens (tertiary/aromatic N) is 1. The second-order valence-corrected chi connectivity index (χ2v) is 5.58. The summed E-state index contributed by atoms with van der Waals surface area (Å²) in [6, 6.07) is 8.28. The zero-order valence-electron chi connectivity index (χ0n) is 12.6. The number of carbonyl (C=O) groups is 1. The molecule has 1 saturated heterocycles. The molecular formula is C16H24N2O2. The van der Waals surface area contributed by atoms with E-state index in [1.54, 1.807) is 7.11 Å². The van der Waals surface area contributed by atoms with Crippen molar-refractivity contribution in [3.8, 4) is 5.75 Å². The van der Waals surface area contributed by atoms with Gasteiger partial charge in [0.15, 0.2) is 0 Å². The molecular weight excluding hydrogens is 252 g/mol. The smallest absolute Gasteiger partial charge is 0.225 e. The Bertz CT molecular complexity index is 462. The molecule has 2 rings (SSSR count). The predicted octanol–water partition coefficient (Wildman–Crippen LogP) is 2.04.